The van der Waals surface area contributed by atoms with Gasteiger partial charge in [-0.2, -0.15) is 0 Å². The first-order valence-corrected chi connectivity index (χ1v) is 11.0. The first-order valence-electron chi connectivity index (χ1n) is 9.52. The van der Waals surface area contributed by atoms with Gasteiger partial charge < -0.3 is 10.1 Å². The highest BCUT2D eigenvalue weighted by molar-refractivity contribution is 7.92. The molecular formula is C22H28N2O5S. The third kappa shape index (κ3) is 6.06. The van der Waals surface area contributed by atoms with Gasteiger partial charge in [-0.15, -0.1) is 0 Å². The zero-order valence-electron chi connectivity index (χ0n) is 18.1. The third-order valence-corrected chi connectivity index (χ3v) is 5.68. The quantitative estimate of drug-likeness (QED) is 0.680. The number of ether oxygens (including phenoxy) is 1. The van der Waals surface area contributed by atoms with E-state index >= 15 is 0 Å². The number of anilines is 1. The standard InChI is InChI=1S/C22H28N2O5S/c1-14-11-12-15(2)19(13-14)30(27,28)24-18-10-8-7-9-17(18)21(26)29-16(3)20(25)23-22(4,5)6/h7-13,16,24H,1-6H3,(H,23,25)/t16-/m1/s1. The van der Waals surface area contributed by atoms with Gasteiger partial charge in [0.15, 0.2) is 6.10 Å². The second-order valence-electron chi connectivity index (χ2n) is 8.21. The molecule has 0 aromatic heterocycles. The second kappa shape index (κ2) is 8.87. The van der Waals surface area contributed by atoms with Crippen LogP contribution in [0, 0.1) is 13.8 Å². The Bertz CT molecular complexity index is 1060. The summed E-state index contributed by atoms with van der Waals surface area (Å²) < 4.78 is 33.5. The summed E-state index contributed by atoms with van der Waals surface area (Å²) >= 11 is 0. The third-order valence-electron chi connectivity index (χ3n) is 4.18. The Labute approximate surface area is 177 Å². The average molecular weight is 433 g/mol. The summed E-state index contributed by atoms with van der Waals surface area (Å²) in [7, 11) is -3.93. The zero-order valence-corrected chi connectivity index (χ0v) is 18.9. The van der Waals surface area contributed by atoms with Crippen LogP contribution in [0.3, 0.4) is 0 Å². The molecule has 0 fully saturated rings. The number of para-hydroxylation sites is 1. The van der Waals surface area contributed by atoms with Gasteiger partial charge in [-0.25, -0.2) is 13.2 Å². The van der Waals surface area contributed by atoms with Gasteiger partial charge in [-0.05, 0) is 70.9 Å². The number of esters is 1. The summed E-state index contributed by atoms with van der Waals surface area (Å²) in [4.78, 5) is 25.0. The van der Waals surface area contributed by atoms with Crippen LogP contribution in [0.2, 0.25) is 0 Å². The minimum Gasteiger partial charge on any atom is -0.449 e. The van der Waals surface area contributed by atoms with Crippen LogP contribution in [-0.2, 0) is 19.6 Å². The number of hydrogen-bond donors (Lipinski definition) is 2. The van der Waals surface area contributed by atoms with Crippen LogP contribution in [0.25, 0.3) is 0 Å². The maximum absolute atomic E-state index is 12.9. The molecule has 0 saturated carbocycles. The van der Waals surface area contributed by atoms with Gasteiger partial charge in [0.1, 0.15) is 0 Å². The molecule has 0 heterocycles. The molecule has 1 atom stereocenters. The second-order valence-corrected chi connectivity index (χ2v) is 9.86. The van der Waals surface area contributed by atoms with Crippen molar-refractivity contribution in [2.45, 2.75) is 58.1 Å². The summed E-state index contributed by atoms with van der Waals surface area (Å²) in [5, 5.41) is 2.73. The van der Waals surface area contributed by atoms with E-state index in [2.05, 4.69) is 10.0 Å². The van der Waals surface area contributed by atoms with Gasteiger partial charge in [0.25, 0.3) is 15.9 Å². The predicted octanol–water partition coefficient (Wildman–Crippen LogP) is 3.56. The molecular weight excluding hydrogens is 404 g/mol. The molecule has 2 N–H and O–H groups in total. The van der Waals surface area contributed by atoms with E-state index in [1.54, 1.807) is 38.1 Å². The molecule has 0 spiro atoms. The molecule has 2 aromatic rings. The van der Waals surface area contributed by atoms with E-state index in [1.165, 1.54) is 19.1 Å². The molecule has 2 aromatic carbocycles. The molecule has 7 nitrogen and oxygen atoms in total. The van der Waals surface area contributed by atoms with Crippen LogP contribution >= 0.6 is 0 Å². The fraction of sp³-hybridized carbons (Fsp3) is 0.364. The zero-order chi connectivity index (χ0) is 22.7. The molecule has 30 heavy (non-hydrogen) atoms. The molecule has 0 aliphatic carbocycles. The van der Waals surface area contributed by atoms with Crippen LogP contribution in [0.5, 0.6) is 0 Å². The lowest BCUT2D eigenvalue weighted by atomic mass is 10.1. The summed E-state index contributed by atoms with van der Waals surface area (Å²) in [6.45, 7) is 10.4. The van der Waals surface area contributed by atoms with Crippen LogP contribution in [0.4, 0.5) is 5.69 Å². The van der Waals surface area contributed by atoms with Crippen LogP contribution in [0.1, 0.15) is 49.2 Å². The van der Waals surface area contributed by atoms with E-state index in [0.29, 0.717) is 5.56 Å². The van der Waals surface area contributed by atoms with Gasteiger partial charge in [-0.1, -0.05) is 24.3 Å². The Kier molecular flexibility index (Phi) is 6.92. The van der Waals surface area contributed by atoms with Gasteiger partial charge in [-0.3, -0.25) is 9.52 Å². The number of aryl methyl sites for hydroxylation is 2. The monoisotopic (exact) mass is 432 g/mol. The average Bonchev–Trinajstić information content (AvgIpc) is 2.62. The number of nitrogens with one attached hydrogen (secondary N) is 2. The molecule has 0 unspecified atom stereocenters. The normalized spacial score (nSPS) is 12.7. The summed E-state index contributed by atoms with van der Waals surface area (Å²) in [5.74, 6) is -1.24. The van der Waals surface area contributed by atoms with Gasteiger partial charge in [0, 0.05) is 5.54 Å². The number of benzene rings is 2. The molecule has 2 rings (SSSR count). The Balaban J connectivity index is 2.26. The Morgan fingerprint density at radius 3 is 2.30 bits per heavy atom. The molecule has 0 radical (unpaired) electrons. The number of amides is 1. The Morgan fingerprint density at radius 1 is 1.03 bits per heavy atom. The van der Waals surface area contributed by atoms with E-state index in [-0.39, 0.29) is 16.1 Å². The number of rotatable bonds is 6. The van der Waals surface area contributed by atoms with Crippen molar-refractivity contribution in [3.63, 3.8) is 0 Å². The number of carbonyl (C=O) groups excluding carboxylic acids is 2. The van der Waals surface area contributed by atoms with Crippen LogP contribution in [0.15, 0.2) is 47.4 Å². The number of carbonyl (C=O) groups is 2. The van der Waals surface area contributed by atoms with Gasteiger partial charge in [0.05, 0.1) is 16.1 Å². The van der Waals surface area contributed by atoms with Gasteiger partial charge in [0.2, 0.25) is 0 Å². The predicted molar refractivity (Wildman–Crippen MR) is 116 cm³/mol. The van der Waals surface area contributed by atoms with Crippen molar-refractivity contribution < 1.29 is 22.7 Å². The minimum atomic E-state index is -3.93. The minimum absolute atomic E-state index is 0.0155. The summed E-state index contributed by atoms with van der Waals surface area (Å²) in [6.07, 6.45) is -1.04. The van der Waals surface area contributed by atoms with E-state index in [0.717, 1.165) is 5.56 Å². The fourth-order valence-corrected chi connectivity index (χ4v) is 4.11. The first kappa shape index (κ1) is 23.4. The van der Waals surface area contributed by atoms with Crippen molar-refractivity contribution in [1.82, 2.24) is 5.32 Å². The number of sulfonamides is 1. The summed E-state index contributed by atoms with van der Waals surface area (Å²) in [6, 6.07) is 11.2. The lowest BCUT2D eigenvalue weighted by molar-refractivity contribution is -0.130. The molecule has 8 heteroatoms. The Morgan fingerprint density at radius 2 is 1.67 bits per heavy atom. The van der Waals surface area contributed by atoms with Crippen LogP contribution < -0.4 is 10.0 Å². The topological polar surface area (TPSA) is 102 Å². The summed E-state index contributed by atoms with van der Waals surface area (Å²) in [5.41, 5.74) is 0.998. The van der Waals surface area contributed by atoms with Crippen molar-refractivity contribution in [3.8, 4) is 0 Å². The SMILES string of the molecule is Cc1ccc(C)c(S(=O)(=O)Nc2ccccc2C(=O)O[C@H](C)C(=O)NC(C)(C)C)c1. The lowest BCUT2D eigenvalue weighted by Crippen LogP contribution is -2.46. The highest BCUT2D eigenvalue weighted by atomic mass is 32.2. The van der Waals surface area contributed by atoms with Crippen molar-refractivity contribution in [2.24, 2.45) is 0 Å². The highest BCUT2D eigenvalue weighted by Gasteiger charge is 2.25. The molecule has 0 bridgehead atoms. The Hall–Kier alpha value is -2.87. The van der Waals surface area contributed by atoms with E-state index in [1.807, 2.05) is 26.8 Å². The molecule has 162 valence electrons. The molecule has 0 aliphatic heterocycles. The maximum atomic E-state index is 12.9. The maximum Gasteiger partial charge on any atom is 0.341 e. The van der Waals surface area contributed by atoms with Crippen molar-refractivity contribution in [3.05, 3.63) is 59.2 Å². The van der Waals surface area contributed by atoms with Crippen molar-refractivity contribution >= 4 is 27.6 Å². The van der Waals surface area contributed by atoms with E-state index in [4.69, 9.17) is 4.74 Å². The van der Waals surface area contributed by atoms with E-state index < -0.39 is 33.5 Å². The van der Waals surface area contributed by atoms with Crippen molar-refractivity contribution in [1.29, 1.82) is 0 Å². The van der Waals surface area contributed by atoms with E-state index in [9.17, 15) is 18.0 Å². The number of hydrogen-bond acceptors (Lipinski definition) is 5. The largest absolute Gasteiger partial charge is 0.449 e. The van der Waals surface area contributed by atoms with Crippen LogP contribution in [-0.4, -0.2) is 31.9 Å². The molecule has 0 saturated heterocycles. The smallest absolute Gasteiger partial charge is 0.341 e. The molecule has 1 amide bonds. The fourth-order valence-electron chi connectivity index (χ4n) is 2.70. The van der Waals surface area contributed by atoms with Gasteiger partial charge >= 0.3 is 5.97 Å². The highest BCUT2D eigenvalue weighted by Crippen LogP contribution is 2.24. The molecule has 0 aliphatic rings. The van der Waals surface area contributed by atoms with Crippen molar-refractivity contribution in [2.75, 3.05) is 4.72 Å². The lowest BCUT2D eigenvalue weighted by Gasteiger charge is -2.23. The first-order chi connectivity index (χ1) is 13.8.